The van der Waals surface area contributed by atoms with Crippen LogP contribution in [0.1, 0.15) is 0 Å². The molecule has 2 N–H and O–H groups in total. The van der Waals surface area contributed by atoms with Crippen molar-refractivity contribution < 1.29 is 23.6 Å². The molecule has 7 heteroatoms. The molecule has 2 aromatic carbocycles. The highest BCUT2D eigenvalue weighted by Crippen LogP contribution is 2.22. The summed E-state index contributed by atoms with van der Waals surface area (Å²) in [6, 6.07) is 9.80. The lowest BCUT2D eigenvalue weighted by molar-refractivity contribution is 0.344. The predicted octanol–water partition coefficient (Wildman–Crippen LogP) is 1.82. The van der Waals surface area contributed by atoms with Gasteiger partial charge < -0.3 is 14.8 Å². The minimum atomic E-state index is -1.50. The molecule has 0 bridgehead atoms. The van der Waals surface area contributed by atoms with Crippen molar-refractivity contribution in [3.63, 3.8) is 0 Å². The van der Waals surface area contributed by atoms with Crippen LogP contribution in [0.3, 0.4) is 0 Å². The number of benzene rings is 2. The van der Waals surface area contributed by atoms with Crippen molar-refractivity contribution in [2.45, 2.75) is 4.90 Å². The summed E-state index contributed by atoms with van der Waals surface area (Å²) in [5.74, 6) is -0.0902. The van der Waals surface area contributed by atoms with Crippen LogP contribution in [0.15, 0.2) is 47.4 Å². The third kappa shape index (κ3) is 4.73. The zero-order chi connectivity index (χ0) is 15.2. The highest BCUT2D eigenvalue weighted by atomic mass is 32.2. The zero-order valence-corrected chi connectivity index (χ0v) is 11.8. The van der Waals surface area contributed by atoms with Crippen LogP contribution < -0.4 is 10.2 Å². The fourth-order valence-electron chi connectivity index (χ4n) is 1.64. The molecule has 0 saturated carbocycles. The highest BCUT2D eigenvalue weighted by Gasteiger charge is 2.10. The van der Waals surface area contributed by atoms with Crippen molar-refractivity contribution >= 4 is 24.3 Å². The summed E-state index contributed by atoms with van der Waals surface area (Å²) in [7, 11) is -1.50. The molecule has 0 fully saturated rings. The maximum absolute atomic E-state index is 13.4. The Kier molecular flexibility index (Phi) is 5.61. The maximum Gasteiger partial charge on any atom is 0.488 e. The molecule has 0 amide bonds. The summed E-state index contributed by atoms with van der Waals surface area (Å²) >= 11 is 1.24. The van der Waals surface area contributed by atoms with Gasteiger partial charge in [0.1, 0.15) is 17.4 Å². The van der Waals surface area contributed by atoms with Crippen LogP contribution in [0.5, 0.6) is 5.75 Å². The van der Waals surface area contributed by atoms with Gasteiger partial charge in [0.15, 0.2) is 0 Å². The number of thioether (sulfide) groups is 1. The van der Waals surface area contributed by atoms with E-state index in [4.69, 9.17) is 14.8 Å². The molecule has 110 valence electrons. The lowest BCUT2D eigenvalue weighted by Gasteiger charge is -2.07. The summed E-state index contributed by atoms with van der Waals surface area (Å²) in [5, 5.41) is 17.9. The number of hydrogen-bond donors (Lipinski definition) is 2. The van der Waals surface area contributed by atoms with Crippen LogP contribution in [0, 0.1) is 11.6 Å². The van der Waals surface area contributed by atoms with E-state index in [9.17, 15) is 8.78 Å². The summed E-state index contributed by atoms with van der Waals surface area (Å²) < 4.78 is 31.6. The van der Waals surface area contributed by atoms with Gasteiger partial charge in [-0.2, -0.15) is 0 Å². The van der Waals surface area contributed by atoms with Gasteiger partial charge in [-0.15, -0.1) is 11.8 Å². The molecule has 0 unspecified atom stereocenters. The lowest BCUT2D eigenvalue weighted by atomic mass is 9.80. The molecule has 2 aromatic rings. The van der Waals surface area contributed by atoms with Crippen molar-refractivity contribution in [3.05, 3.63) is 54.1 Å². The van der Waals surface area contributed by atoms with Gasteiger partial charge in [0.05, 0.1) is 6.61 Å². The first-order valence-electron chi connectivity index (χ1n) is 6.23. The lowest BCUT2D eigenvalue weighted by Crippen LogP contribution is -2.29. The third-order valence-electron chi connectivity index (χ3n) is 2.68. The topological polar surface area (TPSA) is 49.7 Å². The molecule has 0 aliphatic rings. The van der Waals surface area contributed by atoms with E-state index in [1.807, 2.05) is 0 Å². The maximum atomic E-state index is 13.4. The Labute approximate surface area is 125 Å². The zero-order valence-electron chi connectivity index (χ0n) is 11.0. The van der Waals surface area contributed by atoms with Gasteiger partial charge in [-0.1, -0.05) is 12.1 Å². The molecule has 0 atom stereocenters. The molecule has 0 aliphatic heterocycles. The van der Waals surface area contributed by atoms with Crippen molar-refractivity contribution in [3.8, 4) is 5.75 Å². The monoisotopic (exact) mass is 310 g/mol. The molecule has 0 aliphatic carbocycles. The quantitative estimate of drug-likeness (QED) is 0.485. The second kappa shape index (κ2) is 7.45. The standard InChI is InChI=1S/C14H13BF2O3S/c16-11-3-6-14(13(17)9-11)21-8-7-20-12-4-1-10(2-5-12)15(18)19/h1-6,9,18-19H,7-8H2. The Morgan fingerprint density at radius 2 is 1.76 bits per heavy atom. The van der Waals surface area contributed by atoms with Gasteiger partial charge in [-0.25, -0.2) is 8.78 Å². The van der Waals surface area contributed by atoms with Crippen LogP contribution in [-0.4, -0.2) is 29.5 Å². The SMILES string of the molecule is OB(O)c1ccc(OCCSc2ccc(F)cc2F)cc1. The molecule has 0 saturated heterocycles. The van der Waals surface area contributed by atoms with Gasteiger partial charge in [0.2, 0.25) is 0 Å². The van der Waals surface area contributed by atoms with E-state index < -0.39 is 18.8 Å². The van der Waals surface area contributed by atoms with E-state index in [1.165, 1.54) is 23.9 Å². The molecular formula is C14H13BF2O3S. The Bertz CT molecular complexity index is 593. The summed E-state index contributed by atoms with van der Waals surface area (Å²) in [6.07, 6.45) is 0. The Hall–Kier alpha value is -1.57. The van der Waals surface area contributed by atoms with Crippen molar-refractivity contribution in [2.75, 3.05) is 12.4 Å². The number of ether oxygens (including phenoxy) is 1. The van der Waals surface area contributed by atoms with Gasteiger partial charge >= 0.3 is 7.12 Å². The minimum absolute atomic E-state index is 0.350. The number of rotatable bonds is 6. The molecule has 2 rings (SSSR count). The third-order valence-corrected chi connectivity index (χ3v) is 3.69. The van der Waals surface area contributed by atoms with Gasteiger partial charge in [0, 0.05) is 16.7 Å². The average molecular weight is 310 g/mol. The van der Waals surface area contributed by atoms with Crippen LogP contribution in [0.25, 0.3) is 0 Å². The largest absolute Gasteiger partial charge is 0.493 e. The Morgan fingerprint density at radius 3 is 2.38 bits per heavy atom. The van der Waals surface area contributed by atoms with Crippen molar-refractivity contribution in [1.29, 1.82) is 0 Å². The van der Waals surface area contributed by atoms with E-state index in [-0.39, 0.29) is 0 Å². The van der Waals surface area contributed by atoms with Gasteiger partial charge in [-0.05, 0) is 29.7 Å². The molecule has 0 spiro atoms. The first-order valence-corrected chi connectivity index (χ1v) is 7.21. The molecule has 3 nitrogen and oxygen atoms in total. The van der Waals surface area contributed by atoms with Crippen LogP contribution >= 0.6 is 11.8 Å². The molecule has 0 aromatic heterocycles. The van der Waals surface area contributed by atoms with Crippen molar-refractivity contribution in [2.24, 2.45) is 0 Å². The Morgan fingerprint density at radius 1 is 1.05 bits per heavy atom. The first kappa shape index (κ1) is 15.8. The fraction of sp³-hybridized carbons (Fsp3) is 0.143. The van der Waals surface area contributed by atoms with E-state index in [0.29, 0.717) is 28.5 Å². The van der Waals surface area contributed by atoms with Gasteiger partial charge in [0.25, 0.3) is 0 Å². The van der Waals surface area contributed by atoms with Crippen LogP contribution in [0.2, 0.25) is 0 Å². The van der Waals surface area contributed by atoms with E-state index in [0.717, 1.165) is 6.07 Å². The summed E-state index contributed by atoms with van der Waals surface area (Å²) in [6.45, 7) is 0.350. The second-order valence-corrected chi connectivity index (χ2v) is 5.35. The molecular weight excluding hydrogens is 297 g/mol. The minimum Gasteiger partial charge on any atom is -0.493 e. The highest BCUT2D eigenvalue weighted by molar-refractivity contribution is 7.99. The Balaban J connectivity index is 1.79. The first-order chi connectivity index (χ1) is 10.1. The molecule has 0 heterocycles. The van der Waals surface area contributed by atoms with Crippen LogP contribution in [-0.2, 0) is 0 Å². The average Bonchev–Trinajstić information content (AvgIpc) is 2.46. The normalized spacial score (nSPS) is 10.5. The van der Waals surface area contributed by atoms with E-state index in [1.54, 1.807) is 24.3 Å². The van der Waals surface area contributed by atoms with Crippen molar-refractivity contribution in [1.82, 2.24) is 0 Å². The summed E-state index contributed by atoms with van der Waals surface area (Å²) in [5.41, 5.74) is 0.380. The second-order valence-electron chi connectivity index (χ2n) is 4.21. The van der Waals surface area contributed by atoms with E-state index >= 15 is 0 Å². The smallest absolute Gasteiger partial charge is 0.488 e. The van der Waals surface area contributed by atoms with Crippen LogP contribution in [0.4, 0.5) is 8.78 Å². The molecule has 0 radical (unpaired) electrons. The van der Waals surface area contributed by atoms with Gasteiger partial charge in [-0.3, -0.25) is 0 Å². The fourth-order valence-corrected chi connectivity index (χ4v) is 2.39. The molecule has 21 heavy (non-hydrogen) atoms. The van der Waals surface area contributed by atoms with E-state index in [2.05, 4.69) is 0 Å². The predicted molar refractivity (Wildman–Crippen MR) is 78.8 cm³/mol. The number of halogens is 2. The number of hydrogen-bond acceptors (Lipinski definition) is 4. The summed E-state index contributed by atoms with van der Waals surface area (Å²) in [4.78, 5) is 0.374.